The molecule has 6 nitrogen and oxygen atoms in total. The Morgan fingerprint density at radius 3 is 2.39 bits per heavy atom. The zero-order chi connectivity index (χ0) is 14.2. The van der Waals surface area contributed by atoms with E-state index >= 15 is 0 Å². The number of carbonyl (C=O) groups excluding carboxylic acids is 1. The second-order valence-corrected chi connectivity index (χ2v) is 5.82. The van der Waals surface area contributed by atoms with Gasteiger partial charge in [0, 0.05) is 6.54 Å². The fourth-order valence-electron chi connectivity index (χ4n) is 1.44. The average Bonchev–Trinajstić information content (AvgIpc) is 2.30. The Labute approximate surface area is 109 Å². The zero-order valence-corrected chi connectivity index (χ0v) is 11.9. The molecule has 0 radical (unpaired) electrons. The summed E-state index contributed by atoms with van der Waals surface area (Å²) < 4.78 is 30.0. The molecule has 0 saturated heterocycles. The fraction of sp³-hybridized carbons (Fsp3) is 0.818. The number of ether oxygens (including phenoxy) is 1. The summed E-state index contributed by atoms with van der Waals surface area (Å²) in [5.41, 5.74) is 0. The maximum Gasteiger partial charge on any atom is 0.321 e. The molecule has 0 aliphatic heterocycles. The predicted octanol–water partition coefficient (Wildman–Crippen LogP) is 0.893. The quantitative estimate of drug-likeness (QED) is 0.614. The SMILES string of the molecule is CCCN(CC(=O)OCC)S(=O)(=O)C(C#N)CC. The summed E-state index contributed by atoms with van der Waals surface area (Å²) in [4.78, 5) is 11.4. The molecule has 0 aliphatic rings. The number of hydrogen-bond donors (Lipinski definition) is 0. The van der Waals surface area contributed by atoms with Gasteiger partial charge in [0.1, 0.15) is 6.54 Å². The van der Waals surface area contributed by atoms with Crippen molar-refractivity contribution in [2.24, 2.45) is 0 Å². The largest absolute Gasteiger partial charge is 0.465 e. The Bertz CT molecular complexity index is 400. The van der Waals surface area contributed by atoms with Gasteiger partial charge in [0.05, 0.1) is 12.7 Å². The van der Waals surface area contributed by atoms with Crippen LogP contribution in [0.2, 0.25) is 0 Å². The summed E-state index contributed by atoms with van der Waals surface area (Å²) in [6.45, 7) is 5.16. The van der Waals surface area contributed by atoms with Crippen LogP contribution in [-0.4, -0.2) is 43.6 Å². The predicted molar refractivity (Wildman–Crippen MR) is 67.1 cm³/mol. The van der Waals surface area contributed by atoms with Crippen LogP contribution < -0.4 is 0 Å². The lowest BCUT2D eigenvalue weighted by atomic mass is 10.4. The Morgan fingerprint density at radius 2 is 2.00 bits per heavy atom. The molecular formula is C11H20N2O4S. The molecule has 1 unspecified atom stereocenters. The van der Waals surface area contributed by atoms with Gasteiger partial charge in [-0.3, -0.25) is 4.79 Å². The highest BCUT2D eigenvalue weighted by molar-refractivity contribution is 7.90. The molecule has 0 N–H and O–H groups in total. The third-order valence-corrected chi connectivity index (χ3v) is 4.51. The lowest BCUT2D eigenvalue weighted by Gasteiger charge is -2.22. The summed E-state index contributed by atoms with van der Waals surface area (Å²) in [6.07, 6.45) is 0.766. The Hall–Kier alpha value is -1.13. The topological polar surface area (TPSA) is 87.5 Å². The first-order valence-electron chi connectivity index (χ1n) is 5.98. The molecule has 0 rings (SSSR count). The summed E-state index contributed by atoms with van der Waals surface area (Å²) in [6, 6.07) is 1.75. The second kappa shape index (κ2) is 8.06. The van der Waals surface area contributed by atoms with E-state index in [4.69, 9.17) is 10.00 Å². The van der Waals surface area contributed by atoms with Crippen molar-refractivity contribution in [2.45, 2.75) is 38.9 Å². The molecule has 1 atom stereocenters. The van der Waals surface area contributed by atoms with Crippen LogP contribution in [-0.2, 0) is 19.6 Å². The first kappa shape index (κ1) is 16.9. The number of esters is 1. The Kier molecular flexibility index (Phi) is 7.55. The summed E-state index contributed by atoms with van der Waals surface area (Å²) in [5, 5.41) is 7.73. The van der Waals surface area contributed by atoms with Crippen molar-refractivity contribution < 1.29 is 17.9 Å². The van der Waals surface area contributed by atoms with Gasteiger partial charge in [-0.2, -0.15) is 9.57 Å². The van der Waals surface area contributed by atoms with Crippen LogP contribution in [0, 0.1) is 11.3 Å². The second-order valence-electron chi connectivity index (χ2n) is 3.71. The van der Waals surface area contributed by atoms with Gasteiger partial charge in [-0.15, -0.1) is 0 Å². The van der Waals surface area contributed by atoms with E-state index in [1.807, 2.05) is 0 Å². The normalized spacial score (nSPS) is 13.1. The van der Waals surface area contributed by atoms with Crippen LogP contribution in [0.5, 0.6) is 0 Å². The molecule has 0 aromatic heterocycles. The van der Waals surface area contributed by atoms with Crippen LogP contribution in [0.3, 0.4) is 0 Å². The lowest BCUT2D eigenvalue weighted by Crippen LogP contribution is -2.42. The molecule has 0 saturated carbocycles. The molecule has 0 spiro atoms. The highest BCUT2D eigenvalue weighted by atomic mass is 32.2. The van der Waals surface area contributed by atoms with Crippen LogP contribution in [0.1, 0.15) is 33.6 Å². The number of hydrogen-bond acceptors (Lipinski definition) is 5. The Balaban J connectivity index is 4.99. The molecule has 104 valence electrons. The molecule has 18 heavy (non-hydrogen) atoms. The van der Waals surface area contributed by atoms with Gasteiger partial charge in [-0.1, -0.05) is 13.8 Å². The maximum atomic E-state index is 12.1. The van der Waals surface area contributed by atoms with Crippen LogP contribution in [0.4, 0.5) is 0 Å². The van der Waals surface area contributed by atoms with E-state index in [1.165, 1.54) is 0 Å². The minimum atomic E-state index is -3.77. The standard InChI is InChI=1S/C11H20N2O4S/c1-4-7-13(9-11(14)17-6-3)18(15,16)10(5-2)8-12/h10H,4-7,9H2,1-3H3. The molecule has 7 heteroatoms. The maximum absolute atomic E-state index is 12.1. The third-order valence-electron chi connectivity index (χ3n) is 2.32. The molecule has 0 bridgehead atoms. The van der Waals surface area contributed by atoms with Crippen molar-refractivity contribution in [3.63, 3.8) is 0 Å². The molecule has 0 aromatic carbocycles. The van der Waals surface area contributed by atoms with Crippen molar-refractivity contribution in [3.8, 4) is 6.07 Å². The number of rotatable bonds is 8. The van der Waals surface area contributed by atoms with Crippen molar-refractivity contribution in [1.82, 2.24) is 4.31 Å². The van der Waals surface area contributed by atoms with Crippen molar-refractivity contribution >= 4 is 16.0 Å². The van der Waals surface area contributed by atoms with Crippen LogP contribution in [0.15, 0.2) is 0 Å². The minimum Gasteiger partial charge on any atom is -0.465 e. The van der Waals surface area contributed by atoms with Gasteiger partial charge in [-0.25, -0.2) is 8.42 Å². The summed E-state index contributed by atoms with van der Waals surface area (Å²) in [5.74, 6) is -0.595. The molecule has 0 heterocycles. The van der Waals surface area contributed by atoms with Gasteiger partial charge < -0.3 is 4.74 Å². The molecule has 0 fully saturated rings. The molecule has 0 aromatic rings. The van der Waals surface area contributed by atoms with Crippen molar-refractivity contribution in [3.05, 3.63) is 0 Å². The number of carbonyl (C=O) groups is 1. The summed E-state index contributed by atoms with van der Waals surface area (Å²) in [7, 11) is -3.77. The Morgan fingerprint density at radius 1 is 1.39 bits per heavy atom. The van der Waals surface area contributed by atoms with E-state index in [-0.39, 0.29) is 26.1 Å². The highest BCUT2D eigenvalue weighted by Crippen LogP contribution is 2.12. The van der Waals surface area contributed by atoms with Crippen LogP contribution >= 0.6 is 0 Å². The minimum absolute atomic E-state index is 0.196. The lowest BCUT2D eigenvalue weighted by molar-refractivity contribution is -0.143. The van der Waals surface area contributed by atoms with Gasteiger partial charge in [0.25, 0.3) is 0 Å². The number of nitriles is 1. The zero-order valence-electron chi connectivity index (χ0n) is 11.0. The van der Waals surface area contributed by atoms with E-state index < -0.39 is 21.2 Å². The van der Waals surface area contributed by atoms with Gasteiger partial charge in [0.15, 0.2) is 5.25 Å². The van der Waals surface area contributed by atoms with Crippen molar-refractivity contribution in [1.29, 1.82) is 5.26 Å². The average molecular weight is 276 g/mol. The van der Waals surface area contributed by atoms with E-state index in [2.05, 4.69) is 0 Å². The van der Waals surface area contributed by atoms with E-state index in [1.54, 1.807) is 26.8 Å². The summed E-state index contributed by atoms with van der Waals surface area (Å²) >= 11 is 0. The molecule has 0 amide bonds. The monoisotopic (exact) mass is 276 g/mol. The third kappa shape index (κ3) is 4.63. The first-order chi connectivity index (χ1) is 8.43. The van der Waals surface area contributed by atoms with Gasteiger partial charge in [0.2, 0.25) is 10.0 Å². The van der Waals surface area contributed by atoms with E-state index in [9.17, 15) is 13.2 Å². The molecular weight excluding hydrogens is 256 g/mol. The van der Waals surface area contributed by atoms with E-state index in [0.29, 0.717) is 6.42 Å². The fourth-order valence-corrected chi connectivity index (χ4v) is 3.08. The number of nitrogens with zero attached hydrogens (tertiary/aromatic N) is 2. The highest BCUT2D eigenvalue weighted by Gasteiger charge is 2.32. The van der Waals surface area contributed by atoms with Crippen LogP contribution in [0.25, 0.3) is 0 Å². The first-order valence-corrected chi connectivity index (χ1v) is 7.48. The van der Waals surface area contributed by atoms with Crippen molar-refractivity contribution in [2.75, 3.05) is 19.7 Å². The smallest absolute Gasteiger partial charge is 0.321 e. The van der Waals surface area contributed by atoms with Gasteiger partial charge >= 0.3 is 5.97 Å². The number of sulfonamides is 1. The molecule has 0 aliphatic carbocycles. The van der Waals surface area contributed by atoms with E-state index in [0.717, 1.165) is 4.31 Å². The van der Waals surface area contributed by atoms with Gasteiger partial charge in [-0.05, 0) is 19.8 Å².